The number of hydrogen-bond donors (Lipinski definition) is 2. The van der Waals surface area contributed by atoms with Crippen LogP contribution in [0.5, 0.6) is 5.75 Å². The van der Waals surface area contributed by atoms with E-state index in [1.165, 1.54) is 0 Å². The molecule has 2 N–H and O–H groups in total. The zero-order valence-electron chi connectivity index (χ0n) is 13.1. The number of carbonyl (C=O) groups excluding carboxylic acids is 1. The van der Waals surface area contributed by atoms with E-state index < -0.39 is 11.6 Å². The molecule has 0 fully saturated rings. The molecule has 2 rings (SSSR count). The van der Waals surface area contributed by atoms with Crippen molar-refractivity contribution in [2.75, 3.05) is 32.1 Å². The Morgan fingerprint density at radius 2 is 1.92 bits per heavy atom. The van der Waals surface area contributed by atoms with Gasteiger partial charge in [-0.3, -0.25) is 4.79 Å². The van der Waals surface area contributed by atoms with Crippen LogP contribution in [-0.4, -0.2) is 32.7 Å². The summed E-state index contributed by atoms with van der Waals surface area (Å²) in [6.07, 6.45) is 0. The zero-order chi connectivity index (χ0) is 17.5. The number of quaternary nitrogens is 1. The largest absolute Gasteiger partial charge is 0.488 e. The summed E-state index contributed by atoms with van der Waals surface area (Å²) in [7, 11) is 1.83. The molecule has 1 atom stereocenters. The number of halogens is 3. The minimum absolute atomic E-state index is 0.125. The van der Waals surface area contributed by atoms with Gasteiger partial charge in [0.05, 0.1) is 12.7 Å². The van der Waals surface area contributed by atoms with Gasteiger partial charge >= 0.3 is 0 Å². The normalized spacial score (nSPS) is 11.8. The molecule has 24 heavy (non-hydrogen) atoms. The number of carbonyl (C=O) groups is 1. The van der Waals surface area contributed by atoms with Crippen molar-refractivity contribution in [3.05, 3.63) is 58.6 Å². The van der Waals surface area contributed by atoms with Gasteiger partial charge < -0.3 is 15.0 Å². The van der Waals surface area contributed by atoms with Gasteiger partial charge in [0.25, 0.3) is 5.91 Å². The molecule has 0 aliphatic heterocycles. The summed E-state index contributed by atoms with van der Waals surface area (Å²) in [5.74, 6) is -0.908. The molecule has 0 bridgehead atoms. The van der Waals surface area contributed by atoms with Gasteiger partial charge in [-0.15, -0.1) is 0 Å². The van der Waals surface area contributed by atoms with E-state index in [-0.39, 0.29) is 18.1 Å². The van der Waals surface area contributed by atoms with Crippen LogP contribution in [0.2, 0.25) is 0 Å². The van der Waals surface area contributed by atoms with Crippen molar-refractivity contribution in [1.29, 1.82) is 0 Å². The summed E-state index contributed by atoms with van der Waals surface area (Å²) < 4.78 is 33.1. The Kier molecular flexibility index (Phi) is 6.69. The fourth-order valence-electron chi connectivity index (χ4n) is 2.02. The van der Waals surface area contributed by atoms with Crippen molar-refractivity contribution in [3.8, 4) is 5.75 Å². The highest BCUT2D eigenvalue weighted by Gasteiger charge is 2.13. The van der Waals surface area contributed by atoms with Gasteiger partial charge in [-0.25, -0.2) is 8.78 Å². The second-order valence-corrected chi connectivity index (χ2v) is 6.27. The molecular formula is C17H18BrF2N2O2+. The Balaban J connectivity index is 1.75. The zero-order valence-corrected chi connectivity index (χ0v) is 14.7. The number of nitrogens with one attached hydrogen (secondary N) is 2. The number of rotatable bonds is 7. The highest BCUT2D eigenvalue weighted by atomic mass is 79.9. The van der Waals surface area contributed by atoms with E-state index in [1.807, 2.05) is 31.3 Å². The number of likely N-dealkylation sites (N-methyl/N-ethyl adjacent to an activating group) is 1. The van der Waals surface area contributed by atoms with Crippen LogP contribution in [0.15, 0.2) is 46.9 Å². The maximum absolute atomic E-state index is 13.5. The Labute approximate surface area is 147 Å². The average molecular weight is 400 g/mol. The maximum atomic E-state index is 13.5. The Morgan fingerprint density at radius 3 is 2.62 bits per heavy atom. The Hall–Kier alpha value is -1.99. The van der Waals surface area contributed by atoms with Crippen LogP contribution >= 0.6 is 15.9 Å². The fourth-order valence-corrected chi connectivity index (χ4v) is 2.29. The smallest absolute Gasteiger partial charge is 0.279 e. The first-order valence-corrected chi connectivity index (χ1v) is 8.18. The van der Waals surface area contributed by atoms with Crippen LogP contribution in [0.25, 0.3) is 0 Å². The second kappa shape index (κ2) is 8.75. The van der Waals surface area contributed by atoms with E-state index in [9.17, 15) is 13.6 Å². The van der Waals surface area contributed by atoms with Crippen LogP contribution in [0.3, 0.4) is 0 Å². The number of ether oxygens (including phenoxy) is 1. The van der Waals surface area contributed by atoms with Crippen molar-refractivity contribution < 1.29 is 23.2 Å². The van der Waals surface area contributed by atoms with E-state index in [2.05, 4.69) is 21.2 Å². The van der Waals surface area contributed by atoms with Gasteiger partial charge in [-0.2, -0.15) is 0 Å². The lowest BCUT2D eigenvalue weighted by Gasteiger charge is -2.14. The maximum Gasteiger partial charge on any atom is 0.279 e. The molecule has 7 heteroatoms. The molecule has 0 heterocycles. The molecule has 0 aliphatic rings. The van der Waals surface area contributed by atoms with Crippen molar-refractivity contribution in [2.24, 2.45) is 0 Å². The molecule has 2 aromatic rings. The molecule has 4 nitrogen and oxygen atoms in total. The lowest BCUT2D eigenvalue weighted by Crippen LogP contribution is -3.10. The summed E-state index contributed by atoms with van der Waals surface area (Å²) in [5, 5.41) is 2.38. The summed E-state index contributed by atoms with van der Waals surface area (Å²) in [6.45, 7) is 1.16. The first-order chi connectivity index (χ1) is 11.4. The number of amides is 1. The molecule has 0 saturated carbocycles. The average Bonchev–Trinajstić information content (AvgIpc) is 2.53. The first-order valence-electron chi connectivity index (χ1n) is 7.38. The van der Waals surface area contributed by atoms with Gasteiger partial charge in [0.1, 0.15) is 30.5 Å². The molecule has 0 aliphatic carbocycles. The van der Waals surface area contributed by atoms with E-state index in [1.54, 1.807) is 0 Å². The van der Waals surface area contributed by atoms with Gasteiger partial charge in [0.15, 0.2) is 6.54 Å². The molecule has 1 amide bonds. The lowest BCUT2D eigenvalue weighted by atomic mass is 10.3. The minimum atomic E-state index is -0.666. The highest BCUT2D eigenvalue weighted by Crippen LogP contribution is 2.16. The SMILES string of the molecule is C[NH+](CCOc1ccc(Br)cc1)CC(=O)Nc1cc(F)ccc1F. The molecule has 0 aromatic heterocycles. The van der Waals surface area contributed by atoms with Crippen molar-refractivity contribution in [1.82, 2.24) is 0 Å². The van der Waals surface area contributed by atoms with Gasteiger partial charge in [0, 0.05) is 10.5 Å². The fraction of sp³-hybridized carbons (Fsp3) is 0.235. The van der Waals surface area contributed by atoms with Crippen LogP contribution in [0.1, 0.15) is 0 Å². The molecule has 0 radical (unpaired) electrons. The summed E-state index contributed by atoms with van der Waals surface area (Å²) in [6, 6.07) is 10.4. The quantitative estimate of drug-likeness (QED) is 0.749. The van der Waals surface area contributed by atoms with Crippen molar-refractivity contribution in [2.45, 2.75) is 0 Å². The second-order valence-electron chi connectivity index (χ2n) is 5.36. The van der Waals surface area contributed by atoms with Gasteiger partial charge in [-0.05, 0) is 36.4 Å². The predicted molar refractivity (Wildman–Crippen MR) is 91.2 cm³/mol. The molecule has 2 aromatic carbocycles. The Morgan fingerprint density at radius 1 is 1.21 bits per heavy atom. The van der Waals surface area contributed by atoms with E-state index in [0.29, 0.717) is 13.2 Å². The summed E-state index contributed by atoms with van der Waals surface area (Å²) in [5.41, 5.74) is -0.154. The topological polar surface area (TPSA) is 42.8 Å². The third-order valence-corrected chi connectivity index (χ3v) is 3.80. The van der Waals surface area contributed by atoms with E-state index in [0.717, 1.165) is 33.3 Å². The summed E-state index contributed by atoms with van der Waals surface area (Å²) >= 11 is 3.35. The van der Waals surface area contributed by atoms with Crippen molar-refractivity contribution >= 4 is 27.5 Å². The number of hydrogen-bond acceptors (Lipinski definition) is 2. The monoisotopic (exact) mass is 399 g/mol. The lowest BCUT2D eigenvalue weighted by molar-refractivity contribution is -0.871. The minimum Gasteiger partial charge on any atom is -0.488 e. The molecule has 1 unspecified atom stereocenters. The van der Waals surface area contributed by atoms with Crippen LogP contribution in [0.4, 0.5) is 14.5 Å². The van der Waals surface area contributed by atoms with Crippen LogP contribution < -0.4 is 15.0 Å². The highest BCUT2D eigenvalue weighted by molar-refractivity contribution is 9.10. The molecular weight excluding hydrogens is 382 g/mol. The third-order valence-electron chi connectivity index (χ3n) is 3.28. The number of benzene rings is 2. The molecule has 0 saturated heterocycles. The third kappa shape index (κ3) is 5.90. The number of anilines is 1. The van der Waals surface area contributed by atoms with Crippen LogP contribution in [-0.2, 0) is 4.79 Å². The van der Waals surface area contributed by atoms with E-state index >= 15 is 0 Å². The molecule has 0 spiro atoms. The van der Waals surface area contributed by atoms with Gasteiger partial charge in [0.2, 0.25) is 0 Å². The van der Waals surface area contributed by atoms with Crippen LogP contribution in [0, 0.1) is 11.6 Å². The molecule has 128 valence electrons. The Bertz CT molecular complexity index is 695. The summed E-state index contributed by atoms with van der Waals surface area (Å²) in [4.78, 5) is 12.8. The van der Waals surface area contributed by atoms with Crippen molar-refractivity contribution in [3.63, 3.8) is 0 Å². The standard InChI is InChI=1S/C17H17BrF2N2O2/c1-22(8-9-24-14-5-2-12(18)3-6-14)11-17(23)21-16-10-13(19)4-7-15(16)20/h2-7,10H,8-9,11H2,1H3,(H,21,23)/p+1. The first kappa shape index (κ1) is 18.4. The van der Waals surface area contributed by atoms with E-state index in [4.69, 9.17) is 4.74 Å². The predicted octanol–water partition coefficient (Wildman–Crippen LogP) is 2.26. The van der Waals surface area contributed by atoms with Gasteiger partial charge in [-0.1, -0.05) is 15.9 Å².